The number of hydrogen-bond donors (Lipinski definition) is 3. The lowest BCUT2D eigenvalue weighted by atomic mass is 9.95. The molecule has 8 heteroatoms. The highest BCUT2D eigenvalue weighted by atomic mass is 16.4. The SMILES string of the molecule is O=C(N[C@H](Cc1ccc(O)cc1)C(=O)O)c1ccc2c(c1)nc(-c1ccoc1)n2C1CCCCC1. The van der Waals surface area contributed by atoms with Gasteiger partial charge in [-0.1, -0.05) is 31.4 Å². The zero-order chi connectivity index (χ0) is 24.4. The Kier molecular flexibility index (Phi) is 6.27. The molecule has 1 aliphatic rings. The monoisotopic (exact) mass is 473 g/mol. The predicted molar refractivity (Wildman–Crippen MR) is 130 cm³/mol. The van der Waals surface area contributed by atoms with Gasteiger partial charge in [0, 0.05) is 18.0 Å². The van der Waals surface area contributed by atoms with Crippen LogP contribution in [0.15, 0.2) is 65.5 Å². The van der Waals surface area contributed by atoms with Gasteiger partial charge < -0.3 is 24.5 Å². The van der Waals surface area contributed by atoms with Crippen LogP contribution in [0.4, 0.5) is 0 Å². The summed E-state index contributed by atoms with van der Waals surface area (Å²) in [5.74, 6) is -0.694. The van der Waals surface area contributed by atoms with Gasteiger partial charge in [0.2, 0.25) is 0 Å². The summed E-state index contributed by atoms with van der Waals surface area (Å²) in [6, 6.07) is 12.7. The number of furan rings is 1. The number of rotatable bonds is 7. The molecule has 0 saturated heterocycles. The van der Waals surface area contributed by atoms with Crippen molar-refractivity contribution in [2.75, 3.05) is 0 Å². The first-order valence-corrected chi connectivity index (χ1v) is 11.9. The van der Waals surface area contributed by atoms with Crippen molar-refractivity contribution in [3.8, 4) is 17.1 Å². The van der Waals surface area contributed by atoms with Crippen LogP contribution < -0.4 is 5.32 Å². The molecule has 1 saturated carbocycles. The topological polar surface area (TPSA) is 118 Å². The molecule has 2 heterocycles. The average molecular weight is 474 g/mol. The number of imidazole rings is 1. The first kappa shape index (κ1) is 22.7. The molecule has 1 atom stereocenters. The maximum atomic E-state index is 13.0. The van der Waals surface area contributed by atoms with Crippen molar-refractivity contribution in [3.05, 3.63) is 72.2 Å². The van der Waals surface area contributed by atoms with Crippen LogP contribution in [0.1, 0.15) is 54.1 Å². The van der Waals surface area contributed by atoms with E-state index in [9.17, 15) is 19.8 Å². The highest BCUT2D eigenvalue weighted by Crippen LogP contribution is 2.36. The van der Waals surface area contributed by atoms with Crippen molar-refractivity contribution in [2.45, 2.75) is 50.6 Å². The summed E-state index contributed by atoms with van der Waals surface area (Å²) in [6.07, 6.45) is 9.15. The number of nitrogens with zero attached hydrogens (tertiary/aromatic N) is 2. The maximum absolute atomic E-state index is 13.0. The Bertz CT molecular complexity index is 1340. The highest BCUT2D eigenvalue weighted by Gasteiger charge is 2.25. The summed E-state index contributed by atoms with van der Waals surface area (Å²) in [7, 11) is 0. The first-order chi connectivity index (χ1) is 17.0. The second-order valence-corrected chi connectivity index (χ2v) is 9.05. The van der Waals surface area contributed by atoms with Crippen LogP contribution >= 0.6 is 0 Å². The molecule has 0 spiro atoms. The Morgan fingerprint density at radius 2 is 1.86 bits per heavy atom. The normalized spacial score (nSPS) is 15.2. The van der Waals surface area contributed by atoms with Crippen molar-refractivity contribution in [3.63, 3.8) is 0 Å². The number of amides is 1. The number of carbonyl (C=O) groups is 2. The fourth-order valence-corrected chi connectivity index (χ4v) is 4.85. The third-order valence-electron chi connectivity index (χ3n) is 6.65. The second-order valence-electron chi connectivity index (χ2n) is 9.05. The van der Waals surface area contributed by atoms with Crippen molar-refractivity contribution in [1.29, 1.82) is 0 Å². The quantitative estimate of drug-likeness (QED) is 0.350. The van der Waals surface area contributed by atoms with E-state index >= 15 is 0 Å². The molecule has 1 fully saturated rings. The number of phenolic OH excluding ortho intramolecular Hbond substituents is 1. The Hall–Kier alpha value is -4.07. The fourth-order valence-electron chi connectivity index (χ4n) is 4.85. The summed E-state index contributed by atoms with van der Waals surface area (Å²) in [6.45, 7) is 0. The number of aliphatic carboxylic acids is 1. The van der Waals surface area contributed by atoms with Crippen molar-refractivity contribution < 1.29 is 24.2 Å². The summed E-state index contributed by atoms with van der Waals surface area (Å²) >= 11 is 0. The molecule has 5 rings (SSSR count). The van der Waals surface area contributed by atoms with E-state index in [1.807, 2.05) is 12.1 Å². The molecular weight excluding hydrogens is 446 g/mol. The Morgan fingerprint density at radius 1 is 1.09 bits per heavy atom. The number of aromatic nitrogens is 2. The maximum Gasteiger partial charge on any atom is 0.326 e. The predicted octanol–water partition coefficient (Wildman–Crippen LogP) is 4.93. The minimum absolute atomic E-state index is 0.0976. The minimum Gasteiger partial charge on any atom is -0.508 e. The third kappa shape index (κ3) is 4.77. The van der Waals surface area contributed by atoms with Gasteiger partial charge in [-0.2, -0.15) is 0 Å². The van der Waals surface area contributed by atoms with Crippen molar-refractivity contribution in [1.82, 2.24) is 14.9 Å². The molecule has 35 heavy (non-hydrogen) atoms. The van der Waals surface area contributed by atoms with Crippen molar-refractivity contribution in [2.24, 2.45) is 0 Å². The number of hydrogen-bond acceptors (Lipinski definition) is 5. The van der Waals surface area contributed by atoms with Crippen LogP contribution in [0.3, 0.4) is 0 Å². The van der Waals surface area contributed by atoms with E-state index in [-0.39, 0.29) is 12.2 Å². The van der Waals surface area contributed by atoms with Gasteiger partial charge in [-0.05, 0) is 54.8 Å². The van der Waals surface area contributed by atoms with Crippen LogP contribution in [0.5, 0.6) is 5.75 Å². The summed E-state index contributed by atoms with van der Waals surface area (Å²) in [5.41, 5.74) is 3.56. The minimum atomic E-state index is -1.13. The van der Waals surface area contributed by atoms with Crippen LogP contribution in [0.2, 0.25) is 0 Å². The summed E-state index contributed by atoms with van der Waals surface area (Å²) < 4.78 is 7.56. The summed E-state index contributed by atoms with van der Waals surface area (Å²) in [5, 5.41) is 21.7. The van der Waals surface area contributed by atoms with Gasteiger partial charge in [0.15, 0.2) is 0 Å². The van der Waals surface area contributed by atoms with E-state index < -0.39 is 17.9 Å². The van der Waals surface area contributed by atoms with E-state index in [0.29, 0.717) is 22.7 Å². The molecule has 180 valence electrons. The molecule has 0 aliphatic heterocycles. The summed E-state index contributed by atoms with van der Waals surface area (Å²) in [4.78, 5) is 29.7. The first-order valence-electron chi connectivity index (χ1n) is 11.9. The molecule has 1 aliphatic carbocycles. The van der Waals surface area contributed by atoms with E-state index in [1.165, 1.54) is 31.4 Å². The Balaban J connectivity index is 1.43. The zero-order valence-electron chi connectivity index (χ0n) is 19.2. The molecule has 2 aromatic heterocycles. The lowest BCUT2D eigenvalue weighted by Gasteiger charge is -2.25. The second kappa shape index (κ2) is 9.66. The number of aromatic hydroxyl groups is 1. The smallest absolute Gasteiger partial charge is 0.326 e. The molecule has 3 N–H and O–H groups in total. The van der Waals surface area contributed by atoms with E-state index in [0.717, 1.165) is 29.7 Å². The lowest BCUT2D eigenvalue weighted by molar-refractivity contribution is -0.139. The number of nitrogens with one attached hydrogen (secondary N) is 1. The van der Waals surface area contributed by atoms with E-state index in [1.54, 1.807) is 36.8 Å². The standard InChI is InChI=1S/C27H27N3O5/c31-21-9-6-17(7-10-21)14-23(27(33)34)29-26(32)18-8-11-24-22(15-18)28-25(19-12-13-35-16-19)30(24)20-4-2-1-3-5-20/h6-13,15-16,20,23,31H,1-5,14H2,(H,29,32)(H,33,34)/t23-/m1/s1. The highest BCUT2D eigenvalue weighted by molar-refractivity contribution is 5.99. The zero-order valence-corrected chi connectivity index (χ0v) is 19.2. The van der Waals surface area contributed by atoms with Gasteiger partial charge in [0.05, 0.1) is 22.9 Å². The van der Waals surface area contributed by atoms with Crippen LogP contribution in [0, 0.1) is 0 Å². The Labute approximate surface area is 202 Å². The number of carboxylic acid groups (broad SMARTS) is 1. The molecule has 1 amide bonds. The van der Waals surface area contributed by atoms with Gasteiger partial charge >= 0.3 is 5.97 Å². The lowest BCUT2D eigenvalue weighted by Crippen LogP contribution is -2.42. The third-order valence-corrected chi connectivity index (χ3v) is 6.65. The van der Waals surface area contributed by atoms with Gasteiger partial charge in [-0.25, -0.2) is 9.78 Å². The molecule has 4 aromatic rings. The van der Waals surface area contributed by atoms with Gasteiger partial charge in [0.1, 0.15) is 23.9 Å². The number of carbonyl (C=O) groups excluding carboxylic acids is 1. The van der Waals surface area contributed by atoms with E-state index in [4.69, 9.17) is 9.40 Å². The van der Waals surface area contributed by atoms with Gasteiger partial charge in [-0.3, -0.25) is 4.79 Å². The molecule has 0 bridgehead atoms. The number of benzene rings is 2. The number of phenols is 1. The van der Waals surface area contributed by atoms with Crippen LogP contribution in [-0.2, 0) is 11.2 Å². The molecular formula is C27H27N3O5. The molecule has 2 aromatic carbocycles. The Morgan fingerprint density at radius 3 is 2.54 bits per heavy atom. The van der Waals surface area contributed by atoms with Crippen LogP contribution in [0.25, 0.3) is 22.4 Å². The fraction of sp³-hybridized carbons (Fsp3) is 0.296. The average Bonchev–Trinajstić information content (AvgIpc) is 3.53. The van der Waals surface area contributed by atoms with Crippen molar-refractivity contribution >= 4 is 22.9 Å². The van der Waals surface area contributed by atoms with Crippen LogP contribution in [-0.4, -0.2) is 37.7 Å². The number of fused-ring (bicyclic) bond motifs is 1. The van der Waals surface area contributed by atoms with Gasteiger partial charge in [0.25, 0.3) is 5.91 Å². The molecule has 8 nitrogen and oxygen atoms in total. The molecule has 0 unspecified atom stereocenters. The largest absolute Gasteiger partial charge is 0.508 e. The van der Waals surface area contributed by atoms with Gasteiger partial charge in [-0.15, -0.1) is 0 Å². The molecule has 0 radical (unpaired) electrons. The van der Waals surface area contributed by atoms with E-state index in [2.05, 4.69) is 9.88 Å². The number of carboxylic acids is 1.